The molecular formula is C13H8Cl4O. The number of benzene rings is 2. The average Bonchev–Trinajstić information content (AvgIpc) is 2.27. The van der Waals surface area contributed by atoms with Crippen molar-refractivity contribution in [1.29, 1.82) is 0 Å². The van der Waals surface area contributed by atoms with Crippen LogP contribution in [0.3, 0.4) is 0 Å². The molecule has 2 aromatic rings. The second-order valence-corrected chi connectivity index (χ2v) is 5.22. The molecule has 0 radical (unpaired) electrons. The van der Waals surface area contributed by atoms with E-state index in [1.165, 1.54) is 0 Å². The zero-order valence-electron chi connectivity index (χ0n) is 9.31. The maximum Gasteiger partial charge on any atom is 0.145 e. The fourth-order valence-corrected chi connectivity index (χ4v) is 2.98. The maximum absolute atomic E-state index is 6.18. The minimum Gasteiger partial charge on any atom is -0.495 e. The van der Waals surface area contributed by atoms with E-state index < -0.39 is 0 Å². The molecular weight excluding hydrogens is 314 g/mol. The molecule has 0 spiro atoms. The smallest absolute Gasteiger partial charge is 0.145 e. The van der Waals surface area contributed by atoms with Crippen molar-refractivity contribution in [2.45, 2.75) is 0 Å². The fraction of sp³-hybridized carbons (Fsp3) is 0.0769. The van der Waals surface area contributed by atoms with Crippen molar-refractivity contribution in [1.82, 2.24) is 0 Å². The van der Waals surface area contributed by atoms with E-state index >= 15 is 0 Å². The van der Waals surface area contributed by atoms with Crippen molar-refractivity contribution in [2.75, 3.05) is 7.11 Å². The molecule has 2 rings (SSSR count). The van der Waals surface area contributed by atoms with Crippen molar-refractivity contribution in [3.63, 3.8) is 0 Å². The quantitative estimate of drug-likeness (QED) is 0.661. The Bertz CT molecular complexity index is 573. The molecule has 0 saturated carbocycles. The van der Waals surface area contributed by atoms with E-state index in [9.17, 15) is 0 Å². The summed E-state index contributed by atoms with van der Waals surface area (Å²) in [5, 5.41) is 1.88. The molecule has 0 saturated heterocycles. The van der Waals surface area contributed by atoms with Gasteiger partial charge in [-0.15, -0.1) is 0 Å². The topological polar surface area (TPSA) is 9.23 Å². The van der Waals surface area contributed by atoms with E-state index in [2.05, 4.69) is 0 Å². The molecule has 0 aliphatic heterocycles. The molecule has 0 heterocycles. The van der Waals surface area contributed by atoms with Crippen LogP contribution in [-0.2, 0) is 0 Å². The fourth-order valence-electron chi connectivity index (χ4n) is 1.71. The number of ether oxygens (including phenoxy) is 1. The Hall–Kier alpha value is -0.600. The summed E-state index contributed by atoms with van der Waals surface area (Å²) in [6, 6.07) is 8.64. The predicted octanol–water partition coefficient (Wildman–Crippen LogP) is 5.98. The van der Waals surface area contributed by atoms with Crippen molar-refractivity contribution < 1.29 is 4.74 Å². The Morgan fingerprint density at radius 2 is 1.50 bits per heavy atom. The number of para-hydroxylation sites is 1. The molecule has 5 heteroatoms. The van der Waals surface area contributed by atoms with Crippen LogP contribution in [0, 0.1) is 0 Å². The first-order valence-electron chi connectivity index (χ1n) is 5.02. The molecule has 2 aromatic carbocycles. The molecule has 0 bridgehead atoms. The predicted molar refractivity (Wildman–Crippen MR) is 78.5 cm³/mol. The van der Waals surface area contributed by atoms with Gasteiger partial charge in [0.2, 0.25) is 0 Å². The van der Waals surface area contributed by atoms with Gasteiger partial charge in [-0.3, -0.25) is 0 Å². The zero-order valence-corrected chi connectivity index (χ0v) is 12.3. The van der Waals surface area contributed by atoms with E-state index in [4.69, 9.17) is 51.1 Å². The normalized spacial score (nSPS) is 10.5. The van der Waals surface area contributed by atoms with E-state index in [0.29, 0.717) is 31.4 Å². The minimum atomic E-state index is 0.452. The van der Waals surface area contributed by atoms with Gasteiger partial charge in [-0.2, -0.15) is 0 Å². The van der Waals surface area contributed by atoms with Crippen LogP contribution in [0.1, 0.15) is 0 Å². The van der Waals surface area contributed by atoms with Gasteiger partial charge in [0.05, 0.1) is 22.2 Å². The van der Waals surface area contributed by atoms with Crippen LogP contribution >= 0.6 is 46.4 Å². The summed E-state index contributed by atoms with van der Waals surface area (Å²) in [5.41, 5.74) is 1.39. The van der Waals surface area contributed by atoms with Gasteiger partial charge in [0.1, 0.15) is 5.75 Å². The number of methoxy groups -OCH3 is 1. The summed E-state index contributed by atoms with van der Waals surface area (Å²) in [4.78, 5) is 0. The van der Waals surface area contributed by atoms with Crippen molar-refractivity contribution in [3.05, 3.63) is 50.4 Å². The van der Waals surface area contributed by atoms with Crippen molar-refractivity contribution in [2.24, 2.45) is 0 Å². The average molecular weight is 322 g/mol. The summed E-state index contributed by atoms with van der Waals surface area (Å²) >= 11 is 24.3. The number of hydrogen-bond donors (Lipinski definition) is 0. The lowest BCUT2D eigenvalue weighted by Gasteiger charge is -2.13. The molecule has 94 valence electrons. The molecule has 1 nitrogen and oxygen atoms in total. The second kappa shape index (κ2) is 5.58. The lowest BCUT2D eigenvalue weighted by molar-refractivity contribution is 0.416. The van der Waals surface area contributed by atoms with Gasteiger partial charge in [0, 0.05) is 16.1 Å². The highest BCUT2D eigenvalue weighted by atomic mass is 35.5. The number of rotatable bonds is 2. The molecule has 18 heavy (non-hydrogen) atoms. The molecule has 0 unspecified atom stereocenters. The second-order valence-electron chi connectivity index (χ2n) is 3.57. The summed E-state index contributed by atoms with van der Waals surface area (Å²) in [6.45, 7) is 0. The first-order chi connectivity index (χ1) is 8.54. The summed E-state index contributed by atoms with van der Waals surface area (Å²) in [6.07, 6.45) is 0. The maximum atomic E-state index is 6.18. The van der Waals surface area contributed by atoms with E-state index in [1.54, 1.807) is 31.4 Å². The summed E-state index contributed by atoms with van der Waals surface area (Å²) < 4.78 is 5.29. The molecule has 0 aliphatic carbocycles. The third-order valence-electron chi connectivity index (χ3n) is 2.45. The first kappa shape index (κ1) is 13.8. The Morgan fingerprint density at radius 1 is 0.889 bits per heavy atom. The molecule has 0 fully saturated rings. The van der Waals surface area contributed by atoms with Crippen molar-refractivity contribution >= 4 is 46.4 Å². The van der Waals surface area contributed by atoms with Gasteiger partial charge >= 0.3 is 0 Å². The monoisotopic (exact) mass is 320 g/mol. The van der Waals surface area contributed by atoms with Crippen LogP contribution in [0.5, 0.6) is 5.75 Å². The Morgan fingerprint density at radius 3 is 2.06 bits per heavy atom. The number of hydrogen-bond acceptors (Lipinski definition) is 1. The van der Waals surface area contributed by atoms with Crippen LogP contribution in [-0.4, -0.2) is 7.11 Å². The summed E-state index contributed by atoms with van der Waals surface area (Å²) in [5.74, 6) is 0.533. The molecule has 0 N–H and O–H groups in total. The lowest BCUT2D eigenvalue weighted by atomic mass is 10.0. The van der Waals surface area contributed by atoms with Crippen LogP contribution < -0.4 is 4.74 Å². The largest absolute Gasteiger partial charge is 0.495 e. The van der Waals surface area contributed by atoms with Gasteiger partial charge in [-0.05, 0) is 18.2 Å². The molecule has 0 atom stereocenters. The van der Waals surface area contributed by atoms with E-state index in [1.807, 2.05) is 6.07 Å². The third kappa shape index (κ3) is 2.55. The summed E-state index contributed by atoms with van der Waals surface area (Å²) in [7, 11) is 1.54. The zero-order chi connectivity index (χ0) is 13.3. The lowest BCUT2D eigenvalue weighted by Crippen LogP contribution is -1.90. The Kier molecular flexibility index (Phi) is 4.29. The van der Waals surface area contributed by atoms with Gasteiger partial charge in [-0.1, -0.05) is 58.5 Å². The van der Waals surface area contributed by atoms with Crippen molar-refractivity contribution in [3.8, 4) is 16.9 Å². The van der Waals surface area contributed by atoms with Gasteiger partial charge in [0.25, 0.3) is 0 Å². The highest BCUT2D eigenvalue weighted by Crippen LogP contribution is 2.43. The highest BCUT2D eigenvalue weighted by Gasteiger charge is 2.16. The van der Waals surface area contributed by atoms with Crippen LogP contribution in [0.2, 0.25) is 20.1 Å². The van der Waals surface area contributed by atoms with E-state index in [0.717, 1.165) is 5.56 Å². The first-order valence-corrected chi connectivity index (χ1v) is 6.53. The molecule has 0 aliphatic rings. The van der Waals surface area contributed by atoms with Gasteiger partial charge in [0.15, 0.2) is 0 Å². The Balaban J connectivity index is 2.73. The molecule has 0 aromatic heterocycles. The van der Waals surface area contributed by atoms with E-state index in [-0.39, 0.29) is 0 Å². The number of halogens is 4. The standard InChI is InChI=1S/C13H8Cl4O/c1-18-13-8(3-2-4-9(13)15)12-10(16)5-7(14)6-11(12)17/h2-6H,1H3. The highest BCUT2D eigenvalue weighted by molar-refractivity contribution is 6.42. The van der Waals surface area contributed by atoms with Crippen LogP contribution in [0.15, 0.2) is 30.3 Å². The van der Waals surface area contributed by atoms with Crippen LogP contribution in [0.4, 0.5) is 0 Å². The van der Waals surface area contributed by atoms with Crippen LogP contribution in [0.25, 0.3) is 11.1 Å². The third-order valence-corrected chi connectivity index (χ3v) is 3.56. The molecule has 0 amide bonds. The minimum absolute atomic E-state index is 0.452. The Labute approximate surface area is 125 Å². The van der Waals surface area contributed by atoms with Gasteiger partial charge < -0.3 is 4.74 Å². The van der Waals surface area contributed by atoms with Gasteiger partial charge in [-0.25, -0.2) is 0 Å². The SMILES string of the molecule is COc1c(Cl)cccc1-c1c(Cl)cc(Cl)cc1Cl.